The molecule has 1 saturated heterocycles. The predicted molar refractivity (Wildman–Crippen MR) is 101 cm³/mol. The van der Waals surface area contributed by atoms with E-state index in [0.717, 1.165) is 38.4 Å². The highest BCUT2D eigenvalue weighted by molar-refractivity contribution is 7.99. The van der Waals surface area contributed by atoms with Crippen molar-refractivity contribution in [3.05, 3.63) is 30.1 Å². The first-order chi connectivity index (χ1) is 12.1. The first-order valence-corrected chi connectivity index (χ1v) is 9.77. The maximum absolute atomic E-state index is 13.6. The first-order valence-electron chi connectivity index (χ1n) is 8.79. The number of nitrogens with two attached hydrogens (primary N) is 1. The number of aliphatic imine (C=N–C) groups is 1. The fourth-order valence-electron chi connectivity index (χ4n) is 3.00. The molecule has 0 aromatic heterocycles. The van der Waals surface area contributed by atoms with Crippen molar-refractivity contribution >= 4 is 23.6 Å². The molecule has 0 aliphatic carbocycles. The average molecular weight is 367 g/mol. The van der Waals surface area contributed by atoms with E-state index >= 15 is 0 Å². The van der Waals surface area contributed by atoms with Crippen LogP contribution in [0.1, 0.15) is 26.2 Å². The predicted octanol–water partition coefficient (Wildman–Crippen LogP) is 2.47. The van der Waals surface area contributed by atoms with Gasteiger partial charge in [-0.25, -0.2) is 4.39 Å². The molecule has 1 amide bonds. The molecule has 1 aliphatic rings. The highest BCUT2D eigenvalue weighted by Gasteiger charge is 2.23. The van der Waals surface area contributed by atoms with Crippen molar-refractivity contribution in [2.24, 2.45) is 16.6 Å². The molecule has 138 valence electrons. The Morgan fingerprint density at radius 3 is 3.00 bits per heavy atom. The molecule has 1 heterocycles. The highest BCUT2D eigenvalue weighted by atomic mass is 32.2. The van der Waals surface area contributed by atoms with Gasteiger partial charge in [0.2, 0.25) is 5.91 Å². The van der Waals surface area contributed by atoms with E-state index in [1.807, 2.05) is 13.0 Å². The largest absolute Gasteiger partial charge is 0.370 e. The molecule has 25 heavy (non-hydrogen) atoms. The lowest BCUT2D eigenvalue weighted by atomic mass is 9.95. The van der Waals surface area contributed by atoms with E-state index in [1.165, 1.54) is 17.8 Å². The van der Waals surface area contributed by atoms with Gasteiger partial charge in [0.25, 0.3) is 0 Å². The van der Waals surface area contributed by atoms with Gasteiger partial charge in [-0.3, -0.25) is 9.79 Å². The van der Waals surface area contributed by atoms with Gasteiger partial charge in [0, 0.05) is 36.7 Å². The maximum atomic E-state index is 13.6. The zero-order valence-corrected chi connectivity index (χ0v) is 15.5. The number of nitrogens with one attached hydrogen (secondary N) is 1. The minimum Gasteiger partial charge on any atom is -0.370 e. The van der Waals surface area contributed by atoms with E-state index < -0.39 is 0 Å². The van der Waals surface area contributed by atoms with Gasteiger partial charge in [-0.05, 0) is 37.8 Å². The number of thioether (sulfide) groups is 1. The Bertz CT molecular complexity index is 596. The maximum Gasteiger partial charge on any atom is 0.217 e. The molecule has 1 fully saturated rings. The number of carbonyl (C=O) groups excluding carboxylic acids is 1. The molecule has 7 heteroatoms. The lowest BCUT2D eigenvalue weighted by Gasteiger charge is -2.34. The van der Waals surface area contributed by atoms with Gasteiger partial charge < -0.3 is 16.0 Å². The Kier molecular flexibility index (Phi) is 8.04. The van der Waals surface area contributed by atoms with Gasteiger partial charge in [-0.15, -0.1) is 11.8 Å². The summed E-state index contributed by atoms with van der Waals surface area (Å²) in [5.41, 5.74) is 5.33. The quantitative estimate of drug-likeness (QED) is 0.337. The monoisotopic (exact) mass is 366 g/mol. The fourth-order valence-corrected chi connectivity index (χ4v) is 3.79. The summed E-state index contributed by atoms with van der Waals surface area (Å²) in [7, 11) is 0. The summed E-state index contributed by atoms with van der Waals surface area (Å²) in [6.45, 7) is 5.17. The molecule has 0 radical (unpaired) electrons. The third-order valence-corrected chi connectivity index (χ3v) is 5.12. The van der Waals surface area contributed by atoms with Crippen LogP contribution < -0.4 is 11.1 Å². The first kappa shape index (κ1) is 19.6. The number of benzene rings is 1. The molecular weight excluding hydrogens is 339 g/mol. The minimum absolute atomic E-state index is 0.186. The smallest absolute Gasteiger partial charge is 0.217 e. The number of amides is 1. The third kappa shape index (κ3) is 6.57. The van der Waals surface area contributed by atoms with Crippen LogP contribution in [0.2, 0.25) is 0 Å². The van der Waals surface area contributed by atoms with Crippen molar-refractivity contribution < 1.29 is 9.18 Å². The van der Waals surface area contributed by atoms with E-state index in [1.54, 1.807) is 12.1 Å². The summed E-state index contributed by atoms with van der Waals surface area (Å²) in [4.78, 5) is 18.7. The van der Waals surface area contributed by atoms with E-state index in [-0.39, 0.29) is 11.7 Å². The molecule has 5 nitrogen and oxygen atoms in total. The van der Waals surface area contributed by atoms with Gasteiger partial charge in [0.1, 0.15) is 5.82 Å². The van der Waals surface area contributed by atoms with Crippen LogP contribution in [0.15, 0.2) is 34.2 Å². The summed E-state index contributed by atoms with van der Waals surface area (Å²) >= 11 is 1.47. The summed E-state index contributed by atoms with van der Waals surface area (Å²) in [6, 6.07) is 6.79. The summed E-state index contributed by atoms with van der Waals surface area (Å²) < 4.78 is 13.6. The molecule has 0 saturated carbocycles. The lowest BCUT2D eigenvalue weighted by Crippen LogP contribution is -2.47. The van der Waals surface area contributed by atoms with Crippen molar-refractivity contribution in [2.75, 3.05) is 31.9 Å². The molecule has 1 aromatic carbocycles. The van der Waals surface area contributed by atoms with Crippen LogP contribution in [-0.2, 0) is 4.79 Å². The zero-order chi connectivity index (χ0) is 18.1. The highest BCUT2D eigenvalue weighted by Crippen LogP contribution is 2.21. The number of piperidine rings is 1. The van der Waals surface area contributed by atoms with Crippen molar-refractivity contribution in [2.45, 2.75) is 31.1 Å². The molecule has 0 spiro atoms. The molecule has 1 aromatic rings. The average Bonchev–Trinajstić information content (AvgIpc) is 2.59. The van der Waals surface area contributed by atoms with Crippen LogP contribution in [0.5, 0.6) is 0 Å². The molecule has 1 aliphatic heterocycles. The topological polar surface area (TPSA) is 70.7 Å². The zero-order valence-electron chi connectivity index (χ0n) is 14.7. The lowest BCUT2D eigenvalue weighted by molar-refractivity contribution is -0.119. The summed E-state index contributed by atoms with van der Waals surface area (Å²) in [5.74, 6) is 1.45. The van der Waals surface area contributed by atoms with E-state index in [9.17, 15) is 9.18 Å². The van der Waals surface area contributed by atoms with Gasteiger partial charge >= 0.3 is 0 Å². The second kappa shape index (κ2) is 10.3. The van der Waals surface area contributed by atoms with Crippen LogP contribution in [0.4, 0.5) is 4.39 Å². The number of primary amides is 1. The molecular formula is C18H27FN4OS. The molecule has 1 atom stereocenters. The van der Waals surface area contributed by atoms with Crippen molar-refractivity contribution in [1.29, 1.82) is 0 Å². The standard InChI is InChI=1S/C18H27FN4OS/c1-2-21-18(23-10-5-6-14(13-23)12-17(20)24)22-9-11-25-16-8-4-3-7-15(16)19/h3-4,7-8,14H,2,5-6,9-13H2,1H3,(H2,20,24)(H,21,22). The van der Waals surface area contributed by atoms with Crippen LogP contribution in [-0.4, -0.2) is 48.7 Å². The Hall–Kier alpha value is -1.76. The van der Waals surface area contributed by atoms with Gasteiger partial charge in [-0.2, -0.15) is 0 Å². The third-order valence-electron chi connectivity index (χ3n) is 4.09. The number of likely N-dealkylation sites (tertiary alicyclic amines) is 1. The van der Waals surface area contributed by atoms with E-state index in [4.69, 9.17) is 5.73 Å². The SMILES string of the molecule is CCNC(=NCCSc1ccccc1F)N1CCCC(CC(N)=O)C1. The Morgan fingerprint density at radius 2 is 2.28 bits per heavy atom. The fraction of sp³-hybridized carbons (Fsp3) is 0.556. The van der Waals surface area contributed by atoms with E-state index in [0.29, 0.717) is 29.5 Å². The second-order valence-electron chi connectivity index (χ2n) is 6.14. The molecule has 1 unspecified atom stereocenters. The van der Waals surface area contributed by atoms with Crippen LogP contribution in [0, 0.1) is 11.7 Å². The van der Waals surface area contributed by atoms with E-state index in [2.05, 4.69) is 15.2 Å². The van der Waals surface area contributed by atoms with Gasteiger partial charge in [0.05, 0.1) is 6.54 Å². The Morgan fingerprint density at radius 1 is 1.48 bits per heavy atom. The summed E-state index contributed by atoms with van der Waals surface area (Å²) in [5, 5.41) is 3.31. The molecule has 0 bridgehead atoms. The molecule has 3 N–H and O–H groups in total. The van der Waals surface area contributed by atoms with Gasteiger partial charge in [-0.1, -0.05) is 12.1 Å². The Balaban J connectivity index is 1.89. The normalized spacial score (nSPS) is 18.2. The number of hydrogen-bond acceptors (Lipinski definition) is 3. The summed E-state index contributed by atoms with van der Waals surface area (Å²) in [6.07, 6.45) is 2.49. The van der Waals surface area contributed by atoms with Crippen LogP contribution in [0.25, 0.3) is 0 Å². The van der Waals surface area contributed by atoms with Crippen LogP contribution >= 0.6 is 11.8 Å². The number of rotatable bonds is 7. The van der Waals surface area contributed by atoms with Crippen LogP contribution in [0.3, 0.4) is 0 Å². The molecule has 2 rings (SSSR count). The number of guanidine groups is 1. The Labute approximate surface area is 153 Å². The number of halogens is 1. The number of carbonyl (C=O) groups is 1. The van der Waals surface area contributed by atoms with Crippen molar-refractivity contribution in [3.63, 3.8) is 0 Å². The van der Waals surface area contributed by atoms with Crippen molar-refractivity contribution in [3.8, 4) is 0 Å². The van der Waals surface area contributed by atoms with Crippen molar-refractivity contribution in [1.82, 2.24) is 10.2 Å². The van der Waals surface area contributed by atoms with Gasteiger partial charge in [0.15, 0.2) is 5.96 Å². The second-order valence-corrected chi connectivity index (χ2v) is 7.28. The minimum atomic E-state index is -0.241. The number of hydrogen-bond donors (Lipinski definition) is 2. The number of nitrogens with zero attached hydrogens (tertiary/aromatic N) is 2.